The molecule has 0 heterocycles. The first-order chi connectivity index (χ1) is 5.81. The predicted octanol–water partition coefficient (Wildman–Crippen LogP) is 0.712. The van der Waals surface area contributed by atoms with Gasteiger partial charge in [-0.05, 0) is 19.3 Å². The quantitative estimate of drug-likeness (QED) is 0.421. The van der Waals surface area contributed by atoms with Gasteiger partial charge < -0.3 is 14.9 Å². The zero-order chi connectivity index (χ0) is 9.23. The minimum Gasteiger partial charge on any atom is -0.396 e. The second-order valence-electron chi connectivity index (χ2n) is 2.67. The molecule has 0 aromatic heterocycles. The Hall–Kier alpha value is -0.380. The van der Waals surface area contributed by atoms with Crippen molar-refractivity contribution in [3.8, 4) is 0 Å². The Bertz CT molecular complexity index is 104. The Kier molecular flexibility index (Phi) is 8.44. The molecule has 0 saturated heterocycles. The molecule has 0 aromatic rings. The summed E-state index contributed by atoms with van der Waals surface area (Å²) in [4.78, 5) is 0. The van der Waals surface area contributed by atoms with Gasteiger partial charge in [-0.3, -0.25) is 0 Å². The van der Waals surface area contributed by atoms with Crippen molar-refractivity contribution in [3.05, 3.63) is 12.7 Å². The van der Waals surface area contributed by atoms with Crippen LogP contribution >= 0.6 is 0 Å². The molecular formula is C9H18O3. The van der Waals surface area contributed by atoms with E-state index in [1.807, 2.05) is 6.08 Å². The van der Waals surface area contributed by atoms with Gasteiger partial charge in [-0.1, -0.05) is 6.08 Å². The zero-order valence-electron chi connectivity index (χ0n) is 7.41. The Morgan fingerprint density at radius 1 is 1.50 bits per heavy atom. The topological polar surface area (TPSA) is 49.7 Å². The largest absolute Gasteiger partial charge is 0.396 e. The van der Waals surface area contributed by atoms with E-state index < -0.39 is 6.10 Å². The molecule has 72 valence electrons. The molecule has 0 aliphatic heterocycles. The van der Waals surface area contributed by atoms with E-state index in [4.69, 9.17) is 14.9 Å². The van der Waals surface area contributed by atoms with E-state index in [1.165, 1.54) is 0 Å². The number of allylic oxidation sites excluding steroid dienone is 1. The van der Waals surface area contributed by atoms with E-state index in [0.717, 1.165) is 12.8 Å². The molecule has 1 atom stereocenters. The van der Waals surface area contributed by atoms with Crippen LogP contribution in [0, 0.1) is 0 Å². The number of aliphatic hydroxyl groups is 2. The number of hydrogen-bond donors (Lipinski definition) is 2. The average molecular weight is 174 g/mol. The third kappa shape index (κ3) is 7.72. The van der Waals surface area contributed by atoms with Gasteiger partial charge in [0, 0.05) is 13.2 Å². The monoisotopic (exact) mass is 174 g/mol. The minimum atomic E-state index is -0.529. The molecule has 1 unspecified atom stereocenters. The van der Waals surface area contributed by atoms with E-state index in [2.05, 4.69) is 6.58 Å². The van der Waals surface area contributed by atoms with Crippen LogP contribution in [0.25, 0.3) is 0 Å². The second-order valence-corrected chi connectivity index (χ2v) is 2.67. The van der Waals surface area contributed by atoms with E-state index in [9.17, 15) is 0 Å². The van der Waals surface area contributed by atoms with Crippen molar-refractivity contribution in [2.75, 3.05) is 19.8 Å². The first kappa shape index (κ1) is 11.6. The Morgan fingerprint density at radius 2 is 2.25 bits per heavy atom. The number of ether oxygens (including phenoxy) is 1. The summed E-state index contributed by atoms with van der Waals surface area (Å²) in [6, 6.07) is 0. The van der Waals surface area contributed by atoms with Crippen molar-refractivity contribution in [1.82, 2.24) is 0 Å². The molecule has 0 saturated carbocycles. The number of rotatable bonds is 8. The van der Waals surface area contributed by atoms with Crippen molar-refractivity contribution in [2.24, 2.45) is 0 Å². The van der Waals surface area contributed by atoms with Crippen LogP contribution in [-0.4, -0.2) is 36.1 Å². The highest BCUT2D eigenvalue weighted by molar-refractivity contribution is 4.65. The lowest BCUT2D eigenvalue weighted by Crippen LogP contribution is -2.16. The molecule has 0 aromatic carbocycles. The first-order valence-electron chi connectivity index (χ1n) is 4.28. The van der Waals surface area contributed by atoms with Gasteiger partial charge in [-0.25, -0.2) is 0 Å². The smallest absolute Gasteiger partial charge is 0.0795 e. The van der Waals surface area contributed by atoms with Crippen molar-refractivity contribution in [3.63, 3.8) is 0 Å². The van der Waals surface area contributed by atoms with Crippen LogP contribution in [0.2, 0.25) is 0 Å². The van der Waals surface area contributed by atoms with Gasteiger partial charge in [0.2, 0.25) is 0 Å². The van der Waals surface area contributed by atoms with Gasteiger partial charge in [-0.15, -0.1) is 6.58 Å². The van der Waals surface area contributed by atoms with Crippen LogP contribution in [0.3, 0.4) is 0 Å². The summed E-state index contributed by atoms with van der Waals surface area (Å²) in [7, 11) is 0. The van der Waals surface area contributed by atoms with E-state index >= 15 is 0 Å². The van der Waals surface area contributed by atoms with Gasteiger partial charge >= 0.3 is 0 Å². The van der Waals surface area contributed by atoms with Gasteiger partial charge in [0.15, 0.2) is 0 Å². The second kappa shape index (κ2) is 8.71. The van der Waals surface area contributed by atoms with Crippen LogP contribution < -0.4 is 0 Å². The normalized spacial score (nSPS) is 12.8. The molecule has 0 spiro atoms. The molecule has 0 aliphatic carbocycles. The van der Waals surface area contributed by atoms with E-state index in [-0.39, 0.29) is 6.61 Å². The third-order valence-corrected chi connectivity index (χ3v) is 1.47. The summed E-state index contributed by atoms with van der Waals surface area (Å²) >= 11 is 0. The summed E-state index contributed by atoms with van der Waals surface area (Å²) in [5, 5.41) is 17.5. The van der Waals surface area contributed by atoms with Gasteiger partial charge in [0.25, 0.3) is 0 Å². The summed E-state index contributed by atoms with van der Waals surface area (Å²) in [5.74, 6) is 0. The average Bonchev–Trinajstić information content (AvgIpc) is 2.05. The molecule has 3 nitrogen and oxygen atoms in total. The summed E-state index contributed by atoms with van der Waals surface area (Å²) in [6.07, 6.45) is 3.58. The van der Waals surface area contributed by atoms with Gasteiger partial charge in [0.05, 0.1) is 12.7 Å². The summed E-state index contributed by atoms with van der Waals surface area (Å²) < 4.78 is 5.14. The fourth-order valence-corrected chi connectivity index (χ4v) is 0.781. The van der Waals surface area contributed by atoms with Crippen LogP contribution in [0.15, 0.2) is 12.7 Å². The van der Waals surface area contributed by atoms with Crippen LogP contribution in [0.5, 0.6) is 0 Å². The van der Waals surface area contributed by atoms with Crippen molar-refractivity contribution < 1.29 is 14.9 Å². The Balaban J connectivity index is 3.02. The highest BCUT2D eigenvalue weighted by atomic mass is 16.5. The van der Waals surface area contributed by atoms with E-state index in [1.54, 1.807) is 0 Å². The lowest BCUT2D eigenvalue weighted by Gasteiger charge is -2.08. The highest BCUT2D eigenvalue weighted by Gasteiger charge is 2.01. The Labute approximate surface area is 73.7 Å². The molecule has 0 radical (unpaired) electrons. The molecule has 0 amide bonds. The lowest BCUT2D eigenvalue weighted by atomic mass is 10.3. The molecule has 3 heteroatoms. The van der Waals surface area contributed by atoms with Crippen LogP contribution in [0.1, 0.15) is 19.3 Å². The predicted molar refractivity (Wildman–Crippen MR) is 48.0 cm³/mol. The van der Waals surface area contributed by atoms with Crippen molar-refractivity contribution >= 4 is 0 Å². The summed E-state index contributed by atoms with van der Waals surface area (Å²) in [6.45, 7) is 4.56. The summed E-state index contributed by atoms with van der Waals surface area (Å²) in [5.41, 5.74) is 0. The number of unbranched alkanes of at least 4 members (excludes halogenated alkanes) is 1. The molecule has 0 rings (SSSR count). The molecular weight excluding hydrogens is 156 g/mol. The maximum Gasteiger partial charge on any atom is 0.0795 e. The maximum absolute atomic E-state index is 9.10. The van der Waals surface area contributed by atoms with Crippen molar-refractivity contribution in [2.45, 2.75) is 25.4 Å². The Morgan fingerprint density at radius 3 is 2.83 bits per heavy atom. The minimum absolute atomic E-state index is 0.0111. The molecule has 2 N–H and O–H groups in total. The molecule has 0 aliphatic rings. The molecule has 0 fully saturated rings. The van der Waals surface area contributed by atoms with Crippen LogP contribution in [0.4, 0.5) is 0 Å². The molecule has 12 heavy (non-hydrogen) atoms. The van der Waals surface area contributed by atoms with E-state index in [0.29, 0.717) is 19.6 Å². The first-order valence-corrected chi connectivity index (χ1v) is 4.28. The fraction of sp³-hybridized carbons (Fsp3) is 0.778. The SMILES string of the molecule is C=CCCCOCC(O)CCO. The zero-order valence-corrected chi connectivity index (χ0v) is 7.41. The highest BCUT2D eigenvalue weighted by Crippen LogP contribution is 1.94. The maximum atomic E-state index is 9.10. The molecule has 0 bridgehead atoms. The number of hydrogen-bond acceptors (Lipinski definition) is 3. The fourth-order valence-electron chi connectivity index (χ4n) is 0.781. The van der Waals surface area contributed by atoms with Gasteiger partial charge in [-0.2, -0.15) is 0 Å². The van der Waals surface area contributed by atoms with Crippen molar-refractivity contribution in [1.29, 1.82) is 0 Å². The standard InChI is InChI=1S/C9H18O3/c1-2-3-4-7-12-8-9(11)5-6-10/h2,9-11H,1,3-8H2. The van der Waals surface area contributed by atoms with Crippen LogP contribution in [-0.2, 0) is 4.74 Å². The lowest BCUT2D eigenvalue weighted by molar-refractivity contribution is 0.0236. The van der Waals surface area contributed by atoms with Gasteiger partial charge in [0.1, 0.15) is 0 Å². The third-order valence-electron chi connectivity index (χ3n) is 1.47. The number of aliphatic hydroxyl groups excluding tert-OH is 2.